The quantitative estimate of drug-likeness (QED) is 0.550. The van der Waals surface area contributed by atoms with Gasteiger partial charge in [0.15, 0.2) is 0 Å². The maximum absolute atomic E-state index is 4.90. The van der Waals surface area contributed by atoms with Gasteiger partial charge < -0.3 is 0 Å². The molecule has 3 aromatic rings. The van der Waals surface area contributed by atoms with Gasteiger partial charge in [-0.2, -0.15) is 0 Å². The van der Waals surface area contributed by atoms with Crippen molar-refractivity contribution < 1.29 is 0 Å². The van der Waals surface area contributed by atoms with Gasteiger partial charge in [0.25, 0.3) is 0 Å². The van der Waals surface area contributed by atoms with E-state index in [1.807, 2.05) is 0 Å². The summed E-state index contributed by atoms with van der Waals surface area (Å²) in [6.45, 7) is 11.0. The first kappa shape index (κ1) is 14.8. The van der Waals surface area contributed by atoms with Gasteiger partial charge in [0, 0.05) is 10.9 Å². The van der Waals surface area contributed by atoms with Gasteiger partial charge in [-0.3, -0.25) is 0 Å². The van der Waals surface area contributed by atoms with E-state index in [1.165, 1.54) is 27.6 Å². The first-order valence-electron chi connectivity index (χ1n) is 7.83. The number of aryl methyl sites for hydroxylation is 2. The Morgan fingerprint density at radius 3 is 2.14 bits per heavy atom. The second-order valence-electron chi connectivity index (χ2n) is 7.20. The number of benzene rings is 2. The lowest BCUT2D eigenvalue weighted by Gasteiger charge is -2.21. The molecule has 1 nitrogen and oxygen atoms in total. The summed E-state index contributed by atoms with van der Waals surface area (Å²) in [6, 6.07) is 17.4. The summed E-state index contributed by atoms with van der Waals surface area (Å²) in [4.78, 5) is 4.90. The summed E-state index contributed by atoms with van der Waals surface area (Å²) in [5.74, 6) is 0. The lowest BCUT2D eigenvalue weighted by atomic mass is 9.84. The molecule has 0 fully saturated rings. The van der Waals surface area contributed by atoms with E-state index in [9.17, 15) is 0 Å². The average Bonchev–Trinajstić information content (AvgIpc) is 2.44. The minimum absolute atomic E-state index is 0.128. The van der Waals surface area contributed by atoms with E-state index < -0.39 is 0 Å². The van der Waals surface area contributed by atoms with Gasteiger partial charge in [-0.1, -0.05) is 56.2 Å². The maximum Gasteiger partial charge on any atom is 0.0712 e. The molecule has 1 heterocycles. The highest BCUT2D eigenvalue weighted by molar-refractivity contribution is 5.85. The van der Waals surface area contributed by atoms with Crippen molar-refractivity contribution in [3.63, 3.8) is 0 Å². The van der Waals surface area contributed by atoms with Gasteiger partial charge in [0.05, 0.1) is 11.2 Å². The van der Waals surface area contributed by atoms with E-state index in [1.54, 1.807) is 0 Å². The second-order valence-corrected chi connectivity index (χ2v) is 7.20. The van der Waals surface area contributed by atoms with Crippen molar-refractivity contribution in [3.8, 4) is 11.3 Å². The standard InChI is InChI=1S/C21H23N/c1-14-11-15(2)13-16(12-14)19-10-9-17-18(21(3,4)5)7-6-8-20(17)22-19/h6-13H,1-5H3. The molecule has 0 saturated carbocycles. The molecule has 0 N–H and O–H groups in total. The molecule has 0 aliphatic rings. The Labute approximate surface area is 133 Å². The lowest BCUT2D eigenvalue weighted by Crippen LogP contribution is -2.11. The first-order valence-corrected chi connectivity index (χ1v) is 7.83. The summed E-state index contributed by atoms with van der Waals surface area (Å²) in [5, 5.41) is 1.25. The summed E-state index contributed by atoms with van der Waals surface area (Å²) in [6.07, 6.45) is 0. The number of hydrogen-bond donors (Lipinski definition) is 0. The Hall–Kier alpha value is -2.15. The van der Waals surface area contributed by atoms with Crippen LogP contribution in [0.15, 0.2) is 48.5 Å². The third-order valence-corrected chi connectivity index (χ3v) is 4.06. The normalized spacial score (nSPS) is 11.9. The molecular formula is C21H23N. The number of nitrogens with zero attached hydrogens (tertiary/aromatic N) is 1. The van der Waals surface area contributed by atoms with Crippen LogP contribution in [0.25, 0.3) is 22.2 Å². The van der Waals surface area contributed by atoms with E-state index in [0.717, 1.165) is 11.2 Å². The van der Waals surface area contributed by atoms with Crippen LogP contribution < -0.4 is 0 Å². The lowest BCUT2D eigenvalue weighted by molar-refractivity contribution is 0.596. The Balaban J connectivity index is 2.19. The molecule has 0 unspecified atom stereocenters. The zero-order valence-electron chi connectivity index (χ0n) is 14.1. The van der Waals surface area contributed by atoms with Crippen molar-refractivity contribution in [1.29, 1.82) is 0 Å². The predicted molar refractivity (Wildman–Crippen MR) is 95.4 cm³/mol. The summed E-state index contributed by atoms with van der Waals surface area (Å²) < 4.78 is 0. The molecule has 3 rings (SSSR count). The van der Waals surface area contributed by atoms with Crippen LogP contribution in [0.1, 0.15) is 37.5 Å². The van der Waals surface area contributed by atoms with Gasteiger partial charge in [-0.25, -0.2) is 4.98 Å². The molecule has 0 radical (unpaired) electrons. The molecule has 0 atom stereocenters. The molecule has 22 heavy (non-hydrogen) atoms. The van der Waals surface area contributed by atoms with Crippen LogP contribution >= 0.6 is 0 Å². The van der Waals surface area contributed by atoms with Crippen molar-refractivity contribution in [2.75, 3.05) is 0 Å². The highest BCUT2D eigenvalue weighted by Gasteiger charge is 2.17. The van der Waals surface area contributed by atoms with Crippen molar-refractivity contribution in [2.45, 2.75) is 40.0 Å². The van der Waals surface area contributed by atoms with E-state index in [4.69, 9.17) is 4.98 Å². The molecular weight excluding hydrogens is 266 g/mol. The third kappa shape index (κ3) is 2.76. The molecule has 0 saturated heterocycles. The maximum atomic E-state index is 4.90. The van der Waals surface area contributed by atoms with E-state index >= 15 is 0 Å². The molecule has 1 aromatic heterocycles. The number of rotatable bonds is 1. The minimum atomic E-state index is 0.128. The molecule has 0 bridgehead atoms. The molecule has 0 spiro atoms. The van der Waals surface area contributed by atoms with Gasteiger partial charge in [0.1, 0.15) is 0 Å². The fourth-order valence-corrected chi connectivity index (χ4v) is 3.09. The van der Waals surface area contributed by atoms with Crippen LogP contribution in [0.4, 0.5) is 0 Å². The average molecular weight is 289 g/mol. The molecule has 2 aromatic carbocycles. The fourth-order valence-electron chi connectivity index (χ4n) is 3.09. The summed E-state index contributed by atoms with van der Waals surface area (Å²) in [7, 11) is 0. The largest absolute Gasteiger partial charge is 0.248 e. The Morgan fingerprint density at radius 2 is 1.50 bits per heavy atom. The van der Waals surface area contributed by atoms with Crippen molar-refractivity contribution in [2.24, 2.45) is 0 Å². The number of pyridine rings is 1. The fraction of sp³-hybridized carbons (Fsp3) is 0.286. The van der Waals surface area contributed by atoms with E-state index in [0.29, 0.717) is 0 Å². The van der Waals surface area contributed by atoms with Gasteiger partial charge in [0.2, 0.25) is 0 Å². The van der Waals surface area contributed by atoms with Crippen molar-refractivity contribution in [3.05, 3.63) is 65.2 Å². The third-order valence-electron chi connectivity index (χ3n) is 4.06. The van der Waals surface area contributed by atoms with Gasteiger partial charge in [-0.05, 0) is 49.1 Å². The van der Waals surface area contributed by atoms with Crippen LogP contribution in [-0.4, -0.2) is 4.98 Å². The molecule has 0 aliphatic carbocycles. The summed E-state index contributed by atoms with van der Waals surface area (Å²) >= 11 is 0. The highest BCUT2D eigenvalue weighted by Crippen LogP contribution is 2.31. The SMILES string of the molecule is Cc1cc(C)cc(-c2ccc3c(C(C)(C)C)cccc3n2)c1. The molecule has 112 valence electrons. The van der Waals surface area contributed by atoms with Crippen LogP contribution in [-0.2, 0) is 5.41 Å². The Kier molecular flexibility index (Phi) is 3.52. The smallest absolute Gasteiger partial charge is 0.0712 e. The Bertz CT molecular complexity index is 818. The van der Waals surface area contributed by atoms with Crippen molar-refractivity contribution in [1.82, 2.24) is 4.98 Å². The second kappa shape index (κ2) is 5.24. The summed E-state index contributed by atoms with van der Waals surface area (Å²) in [5.41, 5.74) is 7.35. The molecule has 1 heteroatoms. The monoisotopic (exact) mass is 289 g/mol. The predicted octanol–water partition coefficient (Wildman–Crippen LogP) is 5.82. The van der Waals surface area contributed by atoms with Crippen LogP contribution in [0, 0.1) is 13.8 Å². The minimum Gasteiger partial charge on any atom is -0.248 e. The van der Waals surface area contributed by atoms with Gasteiger partial charge in [-0.15, -0.1) is 0 Å². The number of aromatic nitrogens is 1. The van der Waals surface area contributed by atoms with E-state index in [2.05, 4.69) is 83.1 Å². The van der Waals surface area contributed by atoms with Crippen LogP contribution in [0.2, 0.25) is 0 Å². The van der Waals surface area contributed by atoms with Gasteiger partial charge >= 0.3 is 0 Å². The van der Waals surface area contributed by atoms with Crippen LogP contribution in [0.5, 0.6) is 0 Å². The zero-order valence-corrected chi connectivity index (χ0v) is 14.1. The Morgan fingerprint density at radius 1 is 0.818 bits per heavy atom. The molecule has 0 aliphatic heterocycles. The van der Waals surface area contributed by atoms with Crippen LogP contribution in [0.3, 0.4) is 0 Å². The number of fused-ring (bicyclic) bond motifs is 1. The van der Waals surface area contributed by atoms with Crippen molar-refractivity contribution >= 4 is 10.9 Å². The topological polar surface area (TPSA) is 12.9 Å². The molecule has 0 amide bonds. The van der Waals surface area contributed by atoms with E-state index in [-0.39, 0.29) is 5.41 Å². The highest BCUT2D eigenvalue weighted by atomic mass is 14.7. The first-order chi connectivity index (χ1) is 10.3. The number of hydrogen-bond acceptors (Lipinski definition) is 1. The zero-order chi connectivity index (χ0) is 15.9.